The molecule has 0 aliphatic heterocycles. The van der Waals surface area contributed by atoms with Crippen molar-refractivity contribution in [1.29, 1.82) is 0 Å². The first-order valence-electron chi connectivity index (χ1n) is 5.08. The Bertz CT molecular complexity index is 622. The summed E-state index contributed by atoms with van der Waals surface area (Å²) in [5, 5.41) is 0. The van der Waals surface area contributed by atoms with Gasteiger partial charge in [0.05, 0.1) is 11.3 Å². The summed E-state index contributed by atoms with van der Waals surface area (Å²) < 4.78 is 64.2. The molecule has 19 heavy (non-hydrogen) atoms. The molecule has 0 atom stereocenters. The fourth-order valence-electron chi connectivity index (χ4n) is 1.52. The van der Waals surface area contributed by atoms with E-state index in [1.165, 1.54) is 0 Å². The first-order chi connectivity index (χ1) is 8.80. The number of halogens is 5. The van der Waals surface area contributed by atoms with Crippen LogP contribution < -0.4 is 5.73 Å². The first kappa shape index (κ1) is 13.3. The number of nitrogens with zero attached hydrogens (tertiary/aromatic N) is 1. The molecule has 2 rings (SSSR count). The van der Waals surface area contributed by atoms with Crippen LogP contribution in [0.1, 0.15) is 5.56 Å². The van der Waals surface area contributed by atoms with E-state index in [0.29, 0.717) is 6.07 Å². The number of hydrogen-bond acceptors (Lipinski definition) is 2. The maximum absolute atomic E-state index is 13.7. The maximum Gasteiger partial charge on any atom is 0.416 e. The lowest BCUT2D eigenvalue weighted by atomic mass is 10.1. The fraction of sp³-hybridized carbons (Fsp3) is 0.0833. The zero-order valence-corrected chi connectivity index (χ0v) is 9.30. The highest BCUT2D eigenvalue weighted by molar-refractivity contribution is 5.66. The van der Waals surface area contributed by atoms with E-state index in [0.717, 1.165) is 24.4 Å². The van der Waals surface area contributed by atoms with Gasteiger partial charge in [-0.15, -0.1) is 0 Å². The van der Waals surface area contributed by atoms with Crippen LogP contribution in [-0.4, -0.2) is 4.98 Å². The van der Waals surface area contributed by atoms with Gasteiger partial charge in [-0.25, -0.2) is 8.78 Å². The average Bonchev–Trinajstić information content (AvgIpc) is 2.35. The molecular formula is C12H7F5N2. The topological polar surface area (TPSA) is 38.9 Å². The zero-order chi connectivity index (χ0) is 14.2. The van der Waals surface area contributed by atoms with E-state index in [1.54, 1.807) is 0 Å². The van der Waals surface area contributed by atoms with Crippen molar-refractivity contribution in [1.82, 2.24) is 4.98 Å². The quantitative estimate of drug-likeness (QED) is 0.637. The molecule has 0 aliphatic rings. The molecule has 0 amide bonds. The second kappa shape index (κ2) is 4.49. The van der Waals surface area contributed by atoms with Gasteiger partial charge in [0, 0.05) is 11.8 Å². The molecule has 0 unspecified atom stereocenters. The van der Waals surface area contributed by atoms with Crippen molar-refractivity contribution < 1.29 is 22.0 Å². The van der Waals surface area contributed by atoms with Crippen LogP contribution in [0.2, 0.25) is 0 Å². The van der Waals surface area contributed by atoms with Crippen molar-refractivity contribution >= 4 is 5.69 Å². The van der Waals surface area contributed by atoms with Crippen LogP contribution in [0.25, 0.3) is 11.3 Å². The van der Waals surface area contributed by atoms with Crippen molar-refractivity contribution in [3.63, 3.8) is 0 Å². The van der Waals surface area contributed by atoms with Crippen LogP contribution in [0.4, 0.5) is 27.6 Å². The van der Waals surface area contributed by atoms with Crippen molar-refractivity contribution in [3.8, 4) is 11.3 Å². The minimum atomic E-state index is -4.57. The van der Waals surface area contributed by atoms with E-state index in [-0.39, 0.29) is 11.3 Å². The largest absolute Gasteiger partial charge is 0.416 e. The zero-order valence-electron chi connectivity index (χ0n) is 9.30. The van der Waals surface area contributed by atoms with Crippen LogP contribution in [-0.2, 0) is 6.18 Å². The second-order valence-corrected chi connectivity index (χ2v) is 3.75. The van der Waals surface area contributed by atoms with E-state index >= 15 is 0 Å². The summed E-state index contributed by atoms with van der Waals surface area (Å²) in [4.78, 5) is 3.64. The van der Waals surface area contributed by atoms with E-state index in [2.05, 4.69) is 4.98 Å². The molecular weight excluding hydrogens is 267 g/mol. The highest BCUT2D eigenvalue weighted by Gasteiger charge is 2.31. The normalized spacial score (nSPS) is 11.6. The summed E-state index contributed by atoms with van der Waals surface area (Å²) in [5.74, 6) is -2.11. The number of rotatable bonds is 1. The molecule has 1 aromatic heterocycles. The Kier molecular flexibility index (Phi) is 3.13. The van der Waals surface area contributed by atoms with E-state index < -0.39 is 29.1 Å². The molecule has 7 heteroatoms. The van der Waals surface area contributed by atoms with Gasteiger partial charge in [-0.3, -0.25) is 4.98 Å². The van der Waals surface area contributed by atoms with E-state index in [9.17, 15) is 22.0 Å². The standard InChI is InChI=1S/C12H7F5N2/c13-8-2-1-7(10(14)11(8)18)9-5-6(3-4-19-9)12(15,16)17/h1-5H,18H2. The number of alkyl halides is 3. The summed E-state index contributed by atoms with van der Waals surface area (Å²) in [6, 6.07) is 3.29. The summed E-state index contributed by atoms with van der Waals surface area (Å²) in [6.45, 7) is 0. The molecule has 2 N–H and O–H groups in total. The molecule has 0 bridgehead atoms. The van der Waals surface area contributed by atoms with Crippen LogP contribution >= 0.6 is 0 Å². The minimum absolute atomic E-state index is 0.265. The molecule has 0 radical (unpaired) electrons. The lowest BCUT2D eigenvalue weighted by Crippen LogP contribution is -2.06. The first-order valence-corrected chi connectivity index (χ1v) is 5.08. The summed E-state index contributed by atoms with van der Waals surface area (Å²) in [7, 11) is 0. The predicted molar refractivity (Wildman–Crippen MR) is 59.0 cm³/mol. The Hall–Kier alpha value is -2.18. The number of anilines is 1. The van der Waals surface area contributed by atoms with Crippen molar-refractivity contribution in [2.24, 2.45) is 0 Å². The van der Waals surface area contributed by atoms with Gasteiger partial charge >= 0.3 is 6.18 Å². The monoisotopic (exact) mass is 274 g/mol. The Morgan fingerprint density at radius 1 is 1.05 bits per heavy atom. The molecule has 0 aliphatic carbocycles. The molecule has 2 nitrogen and oxygen atoms in total. The molecule has 2 aromatic rings. The van der Waals surface area contributed by atoms with Gasteiger partial charge in [-0.1, -0.05) is 0 Å². The van der Waals surface area contributed by atoms with Crippen LogP contribution in [0.3, 0.4) is 0 Å². The van der Waals surface area contributed by atoms with Gasteiger partial charge in [-0.2, -0.15) is 13.2 Å². The van der Waals surface area contributed by atoms with Gasteiger partial charge in [0.2, 0.25) is 0 Å². The van der Waals surface area contributed by atoms with Gasteiger partial charge in [0.15, 0.2) is 5.82 Å². The maximum atomic E-state index is 13.7. The highest BCUT2D eigenvalue weighted by atomic mass is 19.4. The number of aromatic nitrogens is 1. The lowest BCUT2D eigenvalue weighted by Gasteiger charge is -2.09. The average molecular weight is 274 g/mol. The SMILES string of the molecule is Nc1c(F)ccc(-c2cc(C(F)(F)F)ccn2)c1F. The molecule has 1 aromatic carbocycles. The second-order valence-electron chi connectivity index (χ2n) is 3.75. The summed E-state index contributed by atoms with van der Waals surface area (Å²) >= 11 is 0. The number of pyridine rings is 1. The van der Waals surface area contributed by atoms with E-state index in [1.807, 2.05) is 0 Å². The number of benzene rings is 1. The Labute approximate surface area is 104 Å². The third kappa shape index (κ3) is 2.49. The molecule has 0 saturated carbocycles. The number of nitrogens with two attached hydrogens (primary N) is 1. The third-order valence-corrected chi connectivity index (χ3v) is 2.49. The molecule has 100 valence electrons. The van der Waals surface area contributed by atoms with Crippen molar-refractivity contribution in [3.05, 3.63) is 47.7 Å². The van der Waals surface area contributed by atoms with Crippen LogP contribution in [0, 0.1) is 11.6 Å². The molecule has 0 saturated heterocycles. The Morgan fingerprint density at radius 2 is 1.74 bits per heavy atom. The molecule has 1 heterocycles. The molecule has 0 spiro atoms. The number of hydrogen-bond donors (Lipinski definition) is 1. The lowest BCUT2D eigenvalue weighted by molar-refractivity contribution is -0.137. The Balaban J connectivity index is 2.57. The summed E-state index contributed by atoms with van der Waals surface area (Å²) in [6.07, 6.45) is -3.67. The number of nitrogen functional groups attached to an aromatic ring is 1. The molecule has 0 fully saturated rings. The van der Waals surface area contributed by atoms with Gasteiger partial charge < -0.3 is 5.73 Å². The predicted octanol–water partition coefficient (Wildman–Crippen LogP) is 3.63. The van der Waals surface area contributed by atoms with Crippen LogP contribution in [0.15, 0.2) is 30.5 Å². The Morgan fingerprint density at radius 3 is 2.37 bits per heavy atom. The van der Waals surface area contributed by atoms with Crippen molar-refractivity contribution in [2.45, 2.75) is 6.18 Å². The van der Waals surface area contributed by atoms with E-state index in [4.69, 9.17) is 5.73 Å². The van der Waals surface area contributed by atoms with Gasteiger partial charge in [-0.05, 0) is 24.3 Å². The fourth-order valence-corrected chi connectivity index (χ4v) is 1.52. The van der Waals surface area contributed by atoms with Gasteiger partial charge in [0.25, 0.3) is 0 Å². The minimum Gasteiger partial charge on any atom is -0.394 e. The van der Waals surface area contributed by atoms with Crippen molar-refractivity contribution in [2.75, 3.05) is 5.73 Å². The van der Waals surface area contributed by atoms with Crippen LogP contribution in [0.5, 0.6) is 0 Å². The smallest absolute Gasteiger partial charge is 0.394 e. The summed E-state index contributed by atoms with van der Waals surface area (Å²) in [5.41, 5.74) is 2.87. The van der Waals surface area contributed by atoms with Gasteiger partial charge in [0.1, 0.15) is 11.5 Å². The highest BCUT2D eigenvalue weighted by Crippen LogP contribution is 2.33. The third-order valence-electron chi connectivity index (χ3n) is 2.49.